The molecule has 1 aliphatic heterocycles. The third-order valence-corrected chi connectivity index (χ3v) is 4.66. The second-order valence-corrected chi connectivity index (χ2v) is 6.56. The number of amides is 1. The number of carbonyl (C=O) groups is 2. The highest BCUT2D eigenvalue weighted by atomic mass is 19.1. The molecule has 1 atom stereocenters. The lowest BCUT2D eigenvalue weighted by atomic mass is 9.99. The van der Waals surface area contributed by atoms with Crippen molar-refractivity contribution in [1.82, 2.24) is 4.90 Å². The van der Waals surface area contributed by atoms with Crippen LogP contribution in [0.15, 0.2) is 42.5 Å². The Kier molecular flexibility index (Phi) is 5.74. The van der Waals surface area contributed by atoms with E-state index >= 15 is 0 Å². The van der Waals surface area contributed by atoms with Crippen LogP contribution in [-0.2, 0) is 33.7 Å². The number of ether oxygens (including phenoxy) is 2. The van der Waals surface area contributed by atoms with E-state index in [9.17, 15) is 14.0 Å². The minimum absolute atomic E-state index is 0.110. The van der Waals surface area contributed by atoms with Gasteiger partial charge in [0.1, 0.15) is 0 Å². The molecule has 0 saturated heterocycles. The van der Waals surface area contributed by atoms with Crippen LogP contribution in [0.3, 0.4) is 0 Å². The average Bonchev–Trinajstić information content (AvgIpc) is 2.67. The Labute approximate surface area is 157 Å². The van der Waals surface area contributed by atoms with Crippen LogP contribution >= 0.6 is 0 Å². The van der Waals surface area contributed by atoms with Crippen LogP contribution in [0.4, 0.5) is 4.39 Å². The number of halogens is 1. The smallest absolute Gasteiger partial charge is 0.311 e. The zero-order valence-electron chi connectivity index (χ0n) is 15.4. The minimum atomic E-state index is -0.883. The van der Waals surface area contributed by atoms with Gasteiger partial charge in [0, 0.05) is 13.1 Å². The molecule has 5 nitrogen and oxygen atoms in total. The van der Waals surface area contributed by atoms with E-state index in [-0.39, 0.29) is 18.1 Å². The van der Waals surface area contributed by atoms with Crippen molar-refractivity contribution in [1.29, 1.82) is 0 Å². The van der Waals surface area contributed by atoms with Crippen LogP contribution in [0.1, 0.15) is 23.6 Å². The normalized spacial score (nSPS) is 14.3. The van der Waals surface area contributed by atoms with Gasteiger partial charge in [-0.1, -0.05) is 30.3 Å². The number of nitrogens with zero attached hydrogens (tertiary/aromatic N) is 1. The van der Waals surface area contributed by atoms with E-state index in [2.05, 4.69) is 6.07 Å². The maximum absolute atomic E-state index is 13.7. The zero-order valence-corrected chi connectivity index (χ0v) is 15.4. The Morgan fingerprint density at radius 3 is 2.63 bits per heavy atom. The van der Waals surface area contributed by atoms with Gasteiger partial charge in [-0.15, -0.1) is 0 Å². The molecule has 2 aromatic carbocycles. The SMILES string of the molecule is COc1ccc(CC(=O)O[C@H](C)C(=O)N2CCc3ccccc3C2)cc1F. The van der Waals surface area contributed by atoms with E-state index in [0.29, 0.717) is 18.7 Å². The summed E-state index contributed by atoms with van der Waals surface area (Å²) in [6.45, 7) is 2.68. The fourth-order valence-electron chi connectivity index (χ4n) is 3.22. The Balaban J connectivity index is 1.56. The molecule has 2 aromatic rings. The summed E-state index contributed by atoms with van der Waals surface area (Å²) in [6.07, 6.45) is -0.208. The van der Waals surface area contributed by atoms with Crippen LogP contribution < -0.4 is 4.74 Å². The van der Waals surface area contributed by atoms with Crippen LogP contribution in [0.5, 0.6) is 5.75 Å². The number of esters is 1. The average molecular weight is 371 g/mol. The van der Waals surface area contributed by atoms with Crippen molar-refractivity contribution in [2.45, 2.75) is 32.4 Å². The molecule has 3 rings (SSSR count). The molecule has 142 valence electrons. The number of fused-ring (bicyclic) bond motifs is 1. The molecule has 0 radical (unpaired) electrons. The molecule has 0 bridgehead atoms. The maximum atomic E-state index is 13.7. The van der Waals surface area contributed by atoms with Crippen molar-refractivity contribution < 1.29 is 23.5 Å². The van der Waals surface area contributed by atoms with Gasteiger partial charge in [0.2, 0.25) is 0 Å². The molecule has 0 fully saturated rings. The summed E-state index contributed by atoms with van der Waals surface area (Å²) < 4.78 is 23.8. The van der Waals surface area contributed by atoms with Gasteiger partial charge in [0.15, 0.2) is 17.7 Å². The van der Waals surface area contributed by atoms with Crippen molar-refractivity contribution >= 4 is 11.9 Å². The topological polar surface area (TPSA) is 55.8 Å². The molecule has 0 aliphatic carbocycles. The van der Waals surface area contributed by atoms with Gasteiger partial charge >= 0.3 is 5.97 Å². The number of rotatable bonds is 5. The molecule has 0 aromatic heterocycles. The summed E-state index contributed by atoms with van der Waals surface area (Å²) in [5.41, 5.74) is 2.82. The Hall–Kier alpha value is -2.89. The molecule has 1 aliphatic rings. The molecule has 1 heterocycles. The highest BCUT2D eigenvalue weighted by Gasteiger charge is 2.27. The number of carbonyl (C=O) groups excluding carboxylic acids is 2. The van der Waals surface area contributed by atoms with Crippen molar-refractivity contribution in [3.05, 3.63) is 65.0 Å². The third kappa shape index (κ3) is 4.45. The van der Waals surface area contributed by atoms with E-state index < -0.39 is 17.9 Å². The van der Waals surface area contributed by atoms with E-state index in [1.54, 1.807) is 17.9 Å². The second-order valence-electron chi connectivity index (χ2n) is 6.56. The summed E-state index contributed by atoms with van der Waals surface area (Å²) in [7, 11) is 1.37. The van der Waals surface area contributed by atoms with Crippen molar-refractivity contribution in [3.63, 3.8) is 0 Å². The number of hydrogen-bond acceptors (Lipinski definition) is 4. The van der Waals surface area contributed by atoms with Gasteiger partial charge in [-0.2, -0.15) is 0 Å². The van der Waals surface area contributed by atoms with Crippen LogP contribution in [-0.4, -0.2) is 36.5 Å². The van der Waals surface area contributed by atoms with Crippen LogP contribution in [0.25, 0.3) is 0 Å². The van der Waals surface area contributed by atoms with Gasteiger partial charge in [-0.25, -0.2) is 4.39 Å². The summed E-state index contributed by atoms with van der Waals surface area (Å²) in [5, 5.41) is 0. The summed E-state index contributed by atoms with van der Waals surface area (Å²) in [4.78, 5) is 26.4. The number of hydrogen-bond donors (Lipinski definition) is 0. The molecule has 0 N–H and O–H groups in total. The predicted molar refractivity (Wildman–Crippen MR) is 97.8 cm³/mol. The summed E-state index contributed by atoms with van der Waals surface area (Å²) in [5.74, 6) is -1.23. The zero-order chi connectivity index (χ0) is 19.4. The van der Waals surface area contributed by atoms with E-state index in [1.807, 2.05) is 18.2 Å². The Morgan fingerprint density at radius 2 is 1.93 bits per heavy atom. The molecule has 0 spiro atoms. The number of benzene rings is 2. The Morgan fingerprint density at radius 1 is 1.19 bits per heavy atom. The lowest BCUT2D eigenvalue weighted by Gasteiger charge is -2.30. The fraction of sp³-hybridized carbons (Fsp3) is 0.333. The largest absolute Gasteiger partial charge is 0.494 e. The first-order chi connectivity index (χ1) is 13.0. The third-order valence-electron chi connectivity index (χ3n) is 4.66. The predicted octanol–water partition coefficient (Wildman–Crippen LogP) is 2.89. The van der Waals surface area contributed by atoms with Crippen molar-refractivity contribution in [3.8, 4) is 5.75 Å². The lowest BCUT2D eigenvalue weighted by molar-refractivity contribution is -0.159. The van der Waals surface area contributed by atoms with E-state index in [0.717, 1.165) is 12.0 Å². The van der Waals surface area contributed by atoms with Gasteiger partial charge in [0.05, 0.1) is 13.5 Å². The first kappa shape index (κ1) is 18.9. The summed E-state index contributed by atoms with van der Waals surface area (Å²) in [6, 6.07) is 12.3. The van der Waals surface area contributed by atoms with E-state index in [1.165, 1.54) is 24.8 Å². The minimum Gasteiger partial charge on any atom is -0.494 e. The standard InChI is InChI=1S/C21H22FNO4/c1-14(21(25)23-10-9-16-5-3-4-6-17(16)13-23)27-20(24)12-15-7-8-19(26-2)18(22)11-15/h3-8,11,14H,9-10,12-13H2,1-2H3/t14-/m1/s1. The first-order valence-electron chi connectivity index (χ1n) is 8.85. The maximum Gasteiger partial charge on any atom is 0.311 e. The van der Waals surface area contributed by atoms with Crippen LogP contribution in [0, 0.1) is 5.82 Å². The Bertz CT molecular complexity index is 852. The summed E-state index contributed by atoms with van der Waals surface area (Å²) >= 11 is 0. The fourth-order valence-corrected chi connectivity index (χ4v) is 3.22. The molecule has 6 heteroatoms. The molecule has 0 saturated carbocycles. The van der Waals surface area contributed by atoms with Gasteiger partial charge < -0.3 is 14.4 Å². The molecular formula is C21H22FNO4. The van der Waals surface area contributed by atoms with Gasteiger partial charge in [-0.05, 0) is 42.2 Å². The van der Waals surface area contributed by atoms with Crippen molar-refractivity contribution in [2.75, 3.05) is 13.7 Å². The molecule has 27 heavy (non-hydrogen) atoms. The van der Waals surface area contributed by atoms with Crippen molar-refractivity contribution in [2.24, 2.45) is 0 Å². The van der Waals surface area contributed by atoms with E-state index in [4.69, 9.17) is 9.47 Å². The molecular weight excluding hydrogens is 349 g/mol. The number of methoxy groups -OCH3 is 1. The molecule has 0 unspecified atom stereocenters. The second kappa shape index (κ2) is 8.20. The lowest BCUT2D eigenvalue weighted by Crippen LogP contribution is -2.42. The van der Waals surface area contributed by atoms with Crippen LogP contribution in [0.2, 0.25) is 0 Å². The van der Waals surface area contributed by atoms with Gasteiger partial charge in [-0.3, -0.25) is 9.59 Å². The molecule has 1 amide bonds. The van der Waals surface area contributed by atoms with Gasteiger partial charge in [0.25, 0.3) is 5.91 Å². The monoisotopic (exact) mass is 371 g/mol. The first-order valence-corrected chi connectivity index (χ1v) is 8.85. The quantitative estimate of drug-likeness (QED) is 0.759. The highest BCUT2D eigenvalue weighted by molar-refractivity contribution is 5.84. The highest BCUT2D eigenvalue weighted by Crippen LogP contribution is 2.20.